The minimum atomic E-state index is 0.246. The van der Waals surface area contributed by atoms with E-state index in [4.69, 9.17) is 5.73 Å². The summed E-state index contributed by atoms with van der Waals surface area (Å²) in [6, 6.07) is 13.4. The molecule has 1 atom stereocenters. The molecule has 0 heterocycles. The maximum Gasteiger partial charge on any atom is 0.0317 e. The van der Waals surface area contributed by atoms with Gasteiger partial charge in [-0.25, -0.2) is 0 Å². The summed E-state index contributed by atoms with van der Waals surface area (Å²) in [5.74, 6) is 0. The van der Waals surface area contributed by atoms with Crippen molar-refractivity contribution in [1.29, 1.82) is 0 Å². The third-order valence-corrected chi connectivity index (χ3v) is 5.71. The normalized spacial score (nSPS) is 12.4. The smallest absolute Gasteiger partial charge is 0.0317 e. The first kappa shape index (κ1) is 16.6. The van der Waals surface area contributed by atoms with Crippen LogP contribution in [0.1, 0.15) is 30.0 Å². The lowest BCUT2D eigenvalue weighted by molar-refractivity contribution is 0.646. The van der Waals surface area contributed by atoms with Crippen LogP contribution >= 0.6 is 27.7 Å². The van der Waals surface area contributed by atoms with E-state index < -0.39 is 0 Å². The number of rotatable bonds is 5. The molecular weight excluding hydrogens is 342 g/mol. The van der Waals surface area contributed by atoms with Gasteiger partial charge in [-0.05, 0) is 83.6 Å². The van der Waals surface area contributed by atoms with E-state index in [1.165, 1.54) is 26.5 Å². The van der Waals surface area contributed by atoms with Gasteiger partial charge in [-0.2, -0.15) is 0 Å². The highest BCUT2D eigenvalue weighted by Crippen LogP contribution is 2.35. The van der Waals surface area contributed by atoms with Gasteiger partial charge in [0.1, 0.15) is 0 Å². The second kappa shape index (κ2) is 7.48. The molecule has 112 valence electrons. The minimum Gasteiger partial charge on any atom is -0.327 e. The Morgan fingerprint density at radius 3 is 2.48 bits per heavy atom. The summed E-state index contributed by atoms with van der Waals surface area (Å²) in [5, 5.41) is 0. The van der Waals surface area contributed by atoms with Gasteiger partial charge in [0.25, 0.3) is 0 Å². The summed E-state index contributed by atoms with van der Waals surface area (Å²) in [7, 11) is 0. The van der Waals surface area contributed by atoms with Crippen molar-refractivity contribution in [3.8, 4) is 0 Å². The van der Waals surface area contributed by atoms with Gasteiger partial charge in [-0.15, -0.1) is 0 Å². The average molecular weight is 364 g/mol. The fourth-order valence-corrected chi connectivity index (χ4v) is 3.69. The highest BCUT2D eigenvalue weighted by molar-refractivity contribution is 9.10. The zero-order valence-corrected chi connectivity index (χ0v) is 15.2. The van der Waals surface area contributed by atoms with E-state index >= 15 is 0 Å². The molecule has 0 aromatic heterocycles. The van der Waals surface area contributed by atoms with Crippen molar-refractivity contribution >= 4 is 27.7 Å². The highest BCUT2D eigenvalue weighted by atomic mass is 79.9. The van der Waals surface area contributed by atoms with Gasteiger partial charge in [0.2, 0.25) is 0 Å². The van der Waals surface area contributed by atoms with E-state index in [0.717, 1.165) is 17.3 Å². The quantitative estimate of drug-likeness (QED) is 0.758. The van der Waals surface area contributed by atoms with Crippen molar-refractivity contribution in [2.75, 3.05) is 0 Å². The molecule has 2 rings (SSSR count). The SMILES string of the molecule is CCC(N)Cc1ccc(Sc2ccc(C)c(C)c2)c(Br)c1. The number of hydrogen-bond acceptors (Lipinski definition) is 2. The summed E-state index contributed by atoms with van der Waals surface area (Å²) in [4.78, 5) is 2.52. The molecule has 0 aliphatic carbocycles. The van der Waals surface area contributed by atoms with Crippen LogP contribution in [0.15, 0.2) is 50.7 Å². The van der Waals surface area contributed by atoms with Crippen molar-refractivity contribution in [3.63, 3.8) is 0 Å². The molecule has 2 N–H and O–H groups in total. The lowest BCUT2D eigenvalue weighted by Gasteiger charge is -2.11. The van der Waals surface area contributed by atoms with Gasteiger partial charge in [0.15, 0.2) is 0 Å². The average Bonchev–Trinajstić information content (AvgIpc) is 2.45. The molecule has 1 nitrogen and oxygen atoms in total. The molecule has 0 amide bonds. The Labute approximate surface area is 140 Å². The van der Waals surface area contributed by atoms with Crippen LogP contribution in [-0.4, -0.2) is 6.04 Å². The van der Waals surface area contributed by atoms with E-state index in [-0.39, 0.29) is 6.04 Å². The second-order valence-corrected chi connectivity index (χ2v) is 7.46. The molecule has 21 heavy (non-hydrogen) atoms. The summed E-state index contributed by atoms with van der Waals surface area (Å²) < 4.78 is 1.14. The van der Waals surface area contributed by atoms with Crippen LogP contribution in [0.2, 0.25) is 0 Å². The lowest BCUT2D eigenvalue weighted by Crippen LogP contribution is -2.21. The first-order chi connectivity index (χ1) is 9.99. The van der Waals surface area contributed by atoms with Crippen LogP contribution in [0.25, 0.3) is 0 Å². The van der Waals surface area contributed by atoms with Crippen molar-refractivity contribution in [2.24, 2.45) is 5.73 Å². The number of halogens is 1. The number of benzene rings is 2. The summed E-state index contributed by atoms with van der Waals surface area (Å²) in [6.45, 7) is 6.43. The first-order valence-electron chi connectivity index (χ1n) is 7.28. The van der Waals surface area contributed by atoms with Crippen molar-refractivity contribution in [3.05, 3.63) is 57.6 Å². The largest absolute Gasteiger partial charge is 0.327 e. The molecule has 0 aliphatic rings. The Bertz CT molecular complexity index is 625. The summed E-state index contributed by atoms with van der Waals surface area (Å²) in [6.07, 6.45) is 1.94. The van der Waals surface area contributed by atoms with Crippen LogP contribution in [-0.2, 0) is 6.42 Å². The van der Waals surface area contributed by atoms with Crippen molar-refractivity contribution in [1.82, 2.24) is 0 Å². The first-order valence-corrected chi connectivity index (χ1v) is 8.89. The molecular formula is C18H22BrNS. The zero-order valence-electron chi connectivity index (χ0n) is 12.8. The van der Waals surface area contributed by atoms with E-state index in [1.54, 1.807) is 11.8 Å². The van der Waals surface area contributed by atoms with Gasteiger partial charge in [0, 0.05) is 20.3 Å². The van der Waals surface area contributed by atoms with Crippen molar-refractivity contribution in [2.45, 2.75) is 49.4 Å². The van der Waals surface area contributed by atoms with Gasteiger partial charge in [-0.1, -0.05) is 30.8 Å². The zero-order chi connectivity index (χ0) is 15.4. The van der Waals surface area contributed by atoms with E-state index in [9.17, 15) is 0 Å². The second-order valence-electron chi connectivity index (χ2n) is 5.49. The number of hydrogen-bond donors (Lipinski definition) is 1. The standard InChI is InChI=1S/C18H22BrNS/c1-4-15(20)10-14-6-8-18(17(19)11-14)21-16-7-5-12(2)13(3)9-16/h5-9,11,15H,4,10,20H2,1-3H3. The van der Waals surface area contributed by atoms with Crippen LogP contribution in [0, 0.1) is 13.8 Å². The predicted molar refractivity (Wildman–Crippen MR) is 96.2 cm³/mol. The molecule has 3 heteroatoms. The maximum atomic E-state index is 6.03. The highest BCUT2D eigenvalue weighted by Gasteiger charge is 2.07. The molecule has 0 bridgehead atoms. The van der Waals surface area contributed by atoms with Gasteiger partial charge >= 0.3 is 0 Å². The predicted octanol–water partition coefficient (Wildman–Crippen LogP) is 5.50. The van der Waals surface area contributed by atoms with Crippen LogP contribution in [0.5, 0.6) is 0 Å². The van der Waals surface area contributed by atoms with Crippen LogP contribution in [0.3, 0.4) is 0 Å². The third kappa shape index (κ3) is 4.60. The van der Waals surface area contributed by atoms with Crippen LogP contribution in [0.4, 0.5) is 0 Å². The maximum absolute atomic E-state index is 6.03. The van der Waals surface area contributed by atoms with Gasteiger partial charge < -0.3 is 5.73 Å². The topological polar surface area (TPSA) is 26.0 Å². The fourth-order valence-electron chi connectivity index (χ4n) is 2.11. The summed E-state index contributed by atoms with van der Waals surface area (Å²) >= 11 is 5.48. The van der Waals surface area contributed by atoms with E-state index in [1.807, 2.05) is 0 Å². The molecule has 1 unspecified atom stereocenters. The Morgan fingerprint density at radius 2 is 1.86 bits per heavy atom. The van der Waals surface area contributed by atoms with Gasteiger partial charge in [-0.3, -0.25) is 0 Å². The summed E-state index contributed by atoms with van der Waals surface area (Å²) in [5.41, 5.74) is 9.99. The molecule has 0 spiro atoms. The molecule has 2 aromatic rings. The molecule has 0 fully saturated rings. The minimum absolute atomic E-state index is 0.246. The van der Waals surface area contributed by atoms with Crippen molar-refractivity contribution < 1.29 is 0 Å². The van der Waals surface area contributed by atoms with E-state index in [2.05, 4.69) is 73.1 Å². The number of nitrogens with two attached hydrogens (primary N) is 1. The Balaban J connectivity index is 2.15. The Kier molecular flexibility index (Phi) is 5.91. The van der Waals surface area contributed by atoms with Crippen LogP contribution < -0.4 is 5.73 Å². The molecule has 0 saturated carbocycles. The van der Waals surface area contributed by atoms with E-state index in [0.29, 0.717) is 0 Å². The monoisotopic (exact) mass is 363 g/mol. The molecule has 0 aliphatic heterocycles. The Morgan fingerprint density at radius 1 is 1.10 bits per heavy atom. The lowest BCUT2D eigenvalue weighted by atomic mass is 10.1. The van der Waals surface area contributed by atoms with Gasteiger partial charge in [0.05, 0.1) is 0 Å². The fraction of sp³-hybridized carbons (Fsp3) is 0.333. The molecule has 0 saturated heterocycles. The molecule has 0 radical (unpaired) electrons. The third-order valence-electron chi connectivity index (χ3n) is 3.72. The Hall–Kier alpha value is -0.770. The molecule has 2 aromatic carbocycles. The number of aryl methyl sites for hydroxylation is 2.